The summed E-state index contributed by atoms with van der Waals surface area (Å²) in [6.07, 6.45) is 2.69. The van der Waals surface area contributed by atoms with Crippen LogP contribution >= 0.6 is 15.9 Å². The van der Waals surface area contributed by atoms with Crippen molar-refractivity contribution in [2.75, 3.05) is 13.1 Å². The van der Waals surface area contributed by atoms with Gasteiger partial charge in [-0.1, -0.05) is 26.0 Å². The van der Waals surface area contributed by atoms with E-state index in [-0.39, 0.29) is 5.82 Å². The van der Waals surface area contributed by atoms with Crippen LogP contribution < -0.4 is 5.32 Å². The van der Waals surface area contributed by atoms with Crippen LogP contribution in [0.25, 0.3) is 0 Å². The Morgan fingerprint density at radius 1 is 1.38 bits per heavy atom. The first-order chi connectivity index (χ1) is 10.1. The SMILES string of the molecule is CC(C)C1CN(Cc2cccc(F)c2Br)C(C2CC2)CN1. The average molecular weight is 355 g/mol. The van der Waals surface area contributed by atoms with E-state index in [0.29, 0.717) is 22.5 Å². The van der Waals surface area contributed by atoms with E-state index in [1.54, 1.807) is 0 Å². The molecule has 3 rings (SSSR count). The highest BCUT2D eigenvalue weighted by molar-refractivity contribution is 9.10. The molecule has 2 nitrogen and oxygen atoms in total. The maximum atomic E-state index is 13.7. The lowest BCUT2D eigenvalue weighted by atomic mass is 9.97. The summed E-state index contributed by atoms with van der Waals surface area (Å²) in [6, 6.07) is 6.50. The summed E-state index contributed by atoms with van der Waals surface area (Å²) in [5.41, 5.74) is 1.06. The molecule has 1 heterocycles. The van der Waals surface area contributed by atoms with E-state index in [9.17, 15) is 4.39 Å². The van der Waals surface area contributed by atoms with Crippen LogP contribution in [0.2, 0.25) is 0 Å². The molecule has 0 spiro atoms. The van der Waals surface area contributed by atoms with E-state index in [1.807, 2.05) is 12.1 Å². The van der Waals surface area contributed by atoms with Gasteiger partial charge in [-0.2, -0.15) is 0 Å². The van der Waals surface area contributed by atoms with Gasteiger partial charge >= 0.3 is 0 Å². The summed E-state index contributed by atoms with van der Waals surface area (Å²) < 4.78 is 14.4. The predicted molar refractivity (Wildman–Crippen MR) is 87.7 cm³/mol. The maximum Gasteiger partial charge on any atom is 0.137 e. The van der Waals surface area contributed by atoms with Gasteiger partial charge < -0.3 is 5.32 Å². The molecule has 2 atom stereocenters. The van der Waals surface area contributed by atoms with Crippen molar-refractivity contribution in [3.8, 4) is 0 Å². The summed E-state index contributed by atoms with van der Waals surface area (Å²) in [6.45, 7) is 7.50. The zero-order valence-corrected chi connectivity index (χ0v) is 14.4. The van der Waals surface area contributed by atoms with Crippen molar-refractivity contribution in [2.45, 2.75) is 45.3 Å². The third kappa shape index (κ3) is 3.49. The van der Waals surface area contributed by atoms with Gasteiger partial charge in [-0.05, 0) is 52.2 Å². The van der Waals surface area contributed by atoms with Gasteiger partial charge in [0.15, 0.2) is 0 Å². The molecule has 0 amide bonds. The summed E-state index contributed by atoms with van der Waals surface area (Å²) in [5.74, 6) is 1.30. The van der Waals surface area contributed by atoms with Crippen molar-refractivity contribution in [3.63, 3.8) is 0 Å². The maximum absolute atomic E-state index is 13.7. The zero-order valence-electron chi connectivity index (χ0n) is 12.8. The third-order valence-corrected chi connectivity index (χ3v) is 5.75. The normalized spacial score (nSPS) is 27.3. The third-order valence-electron chi connectivity index (χ3n) is 4.87. The Balaban J connectivity index is 1.77. The first-order valence-electron chi connectivity index (χ1n) is 7.96. The molecular weight excluding hydrogens is 331 g/mol. The number of nitrogens with one attached hydrogen (secondary N) is 1. The molecule has 0 aromatic heterocycles. The molecule has 2 fully saturated rings. The van der Waals surface area contributed by atoms with Gasteiger partial charge in [0.25, 0.3) is 0 Å². The van der Waals surface area contributed by atoms with Gasteiger partial charge in [-0.25, -0.2) is 4.39 Å². The molecule has 1 N–H and O–H groups in total. The molecule has 1 aliphatic carbocycles. The second kappa shape index (κ2) is 6.35. The van der Waals surface area contributed by atoms with Gasteiger partial charge in [0, 0.05) is 31.7 Å². The lowest BCUT2D eigenvalue weighted by Gasteiger charge is -2.42. The van der Waals surface area contributed by atoms with Gasteiger partial charge in [0.2, 0.25) is 0 Å². The molecule has 1 aliphatic heterocycles. The molecule has 0 bridgehead atoms. The van der Waals surface area contributed by atoms with Gasteiger partial charge in [0.1, 0.15) is 5.82 Å². The molecule has 21 heavy (non-hydrogen) atoms. The molecular formula is C17H24BrFN2. The van der Waals surface area contributed by atoms with Crippen molar-refractivity contribution in [3.05, 3.63) is 34.1 Å². The van der Waals surface area contributed by atoms with Crippen molar-refractivity contribution in [2.24, 2.45) is 11.8 Å². The first-order valence-corrected chi connectivity index (χ1v) is 8.76. The van der Waals surface area contributed by atoms with Gasteiger partial charge in [-0.15, -0.1) is 0 Å². The van der Waals surface area contributed by atoms with Crippen LogP contribution in [0, 0.1) is 17.7 Å². The van der Waals surface area contributed by atoms with E-state index < -0.39 is 0 Å². The highest BCUT2D eigenvalue weighted by atomic mass is 79.9. The number of hydrogen-bond donors (Lipinski definition) is 1. The molecule has 2 aliphatic rings. The summed E-state index contributed by atoms with van der Waals surface area (Å²) >= 11 is 3.41. The van der Waals surface area contributed by atoms with Gasteiger partial charge in [-0.3, -0.25) is 4.90 Å². The Bertz CT molecular complexity index is 502. The number of halogens is 2. The number of rotatable bonds is 4. The Morgan fingerprint density at radius 2 is 2.14 bits per heavy atom. The Kier molecular flexibility index (Phi) is 4.67. The van der Waals surface area contributed by atoms with Crippen molar-refractivity contribution >= 4 is 15.9 Å². The summed E-state index contributed by atoms with van der Waals surface area (Å²) in [5, 5.41) is 3.70. The monoisotopic (exact) mass is 354 g/mol. The summed E-state index contributed by atoms with van der Waals surface area (Å²) in [4.78, 5) is 2.57. The molecule has 1 saturated carbocycles. The van der Waals surface area contributed by atoms with Crippen molar-refractivity contribution in [1.29, 1.82) is 0 Å². The zero-order chi connectivity index (χ0) is 15.0. The highest BCUT2D eigenvalue weighted by Crippen LogP contribution is 2.37. The Morgan fingerprint density at radius 3 is 2.81 bits per heavy atom. The lowest BCUT2D eigenvalue weighted by molar-refractivity contribution is 0.0923. The van der Waals surface area contributed by atoms with Crippen LogP contribution in [-0.4, -0.2) is 30.1 Å². The Hall–Kier alpha value is -0.450. The smallest absolute Gasteiger partial charge is 0.137 e. The van der Waals surface area contributed by atoms with Crippen LogP contribution in [-0.2, 0) is 6.54 Å². The van der Waals surface area contributed by atoms with Crippen LogP contribution in [0.15, 0.2) is 22.7 Å². The van der Waals surface area contributed by atoms with Crippen LogP contribution in [0.1, 0.15) is 32.3 Å². The van der Waals surface area contributed by atoms with E-state index in [4.69, 9.17) is 0 Å². The van der Waals surface area contributed by atoms with Crippen molar-refractivity contribution < 1.29 is 4.39 Å². The van der Waals surface area contributed by atoms with E-state index >= 15 is 0 Å². The number of nitrogens with zero attached hydrogens (tertiary/aromatic N) is 1. The fourth-order valence-corrected chi connectivity index (χ4v) is 3.71. The van der Waals surface area contributed by atoms with Crippen LogP contribution in [0.3, 0.4) is 0 Å². The van der Waals surface area contributed by atoms with Crippen LogP contribution in [0.4, 0.5) is 4.39 Å². The molecule has 4 heteroatoms. The van der Waals surface area contributed by atoms with Gasteiger partial charge in [0.05, 0.1) is 4.47 Å². The average Bonchev–Trinajstić information content (AvgIpc) is 3.28. The first kappa shape index (κ1) is 15.4. The van der Waals surface area contributed by atoms with E-state index in [0.717, 1.165) is 31.1 Å². The second-order valence-electron chi connectivity index (χ2n) is 6.81. The summed E-state index contributed by atoms with van der Waals surface area (Å²) in [7, 11) is 0. The number of benzene rings is 1. The topological polar surface area (TPSA) is 15.3 Å². The molecule has 0 radical (unpaired) electrons. The van der Waals surface area contributed by atoms with E-state index in [1.165, 1.54) is 18.9 Å². The second-order valence-corrected chi connectivity index (χ2v) is 7.60. The van der Waals surface area contributed by atoms with Crippen LogP contribution in [0.5, 0.6) is 0 Å². The standard InChI is InChI=1S/C17H24BrFN2/c1-11(2)15-10-21(16(8-20-15)12-6-7-12)9-13-4-3-5-14(19)17(13)18/h3-5,11-12,15-16,20H,6-10H2,1-2H3. The largest absolute Gasteiger partial charge is 0.311 e. The van der Waals surface area contributed by atoms with E-state index in [2.05, 4.69) is 40.0 Å². The fourth-order valence-electron chi connectivity index (χ4n) is 3.32. The molecule has 1 saturated heterocycles. The number of hydrogen-bond acceptors (Lipinski definition) is 2. The lowest BCUT2D eigenvalue weighted by Crippen LogP contribution is -2.58. The van der Waals surface area contributed by atoms with Crippen molar-refractivity contribution in [1.82, 2.24) is 10.2 Å². The highest BCUT2D eigenvalue weighted by Gasteiger charge is 2.39. The Labute approximate surface area is 135 Å². The molecule has 1 aromatic rings. The molecule has 116 valence electrons. The minimum absolute atomic E-state index is 0.161. The molecule has 1 aromatic carbocycles. The predicted octanol–water partition coefficient (Wildman–Crippen LogP) is 3.80. The minimum atomic E-state index is -0.161. The quantitative estimate of drug-likeness (QED) is 0.884. The number of piperazine rings is 1. The molecule has 2 unspecified atom stereocenters. The minimum Gasteiger partial charge on any atom is -0.311 e. The fraction of sp³-hybridized carbons (Fsp3) is 0.647.